The van der Waals surface area contributed by atoms with Crippen LogP contribution in [0.5, 0.6) is 5.88 Å². The first-order chi connectivity index (χ1) is 10.2. The van der Waals surface area contributed by atoms with Gasteiger partial charge < -0.3 is 8.92 Å². The molecule has 0 fully saturated rings. The first-order valence-corrected chi connectivity index (χ1v) is 7.36. The van der Waals surface area contributed by atoms with Crippen LogP contribution < -0.4 is 4.18 Å². The fourth-order valence-corrected chi connectivity index (χ4v) is 2.17. The van der Waals surface area contributed by atoms with Crippen LogP contribution in [0.4, 0.5) is 18.0 Å². The first-order valence-electron chi connectivity index (χ1n) is 5.95. The van der Waals surface area contributed by atoms with Gasteiger partial charge in [-0.2, -0.15) is 21.6 Å². The summed E-state index contributed by atoms with van der Waals surface area (Å²) in [6.07, 6.45) is -1.05. The van der Waals surface area contributed by atoms with Gasteiger partial charge in [0.05, 0.1) is 12.1 Å². The van der Waals surface area contributed by atoms with E-state index in [1.54, 1.807) is 6.07 Å². The maximum atomic E-state index is 12.4. The number of para-hydroxylation sites is 1. The predicted molar refractivity (Wildman–Crippen MR) is 70.0 cm³/mol. The highest BCUT2D eigenvalue weighted by Gasteiger charge is 2.49. The zero-order valence-corrected chi connectivity index (χ0v) is 11.9. The van der Waals surface area contributed by atoms with Crippen molar-refractivity contribution < 1.29 is 35.3 Å². The molecule has 6 nitrogen and oxygen atoms in total. The van der Waals surface area contributed by atoms with Crippen molar-refractivity contribution in [1.29, 1.82) is 0 Å². The number of alkyl halides is 3. The molecule has 0 saturated carbocycles. The summed E-state index contributed by atoms with van der Waals surface area (Å²) in [6.45, 7) is 1.45. The van der Waals surface area contributed by atoms with Crippen molar-refractivity contribution in [3.8, 4) is 5.88 Å². The van der Waals surface area contributed by atoms with Crippen LogP contribution in [-0.2, 0) is 14.9 Å². The molecule has 0 unspecified atom stereocenters. The molecule has 0 atom stereocenters. The zero-order valence-electron chi connectivity index (χ0n) is 11.1. The van der Waals surface area contributed by atoms with Crippen molar-refractivity contribution in [1.82, 2.24) is 4.57 Å². The van der Waals surface area contributed by atoms with Crippen molar-refractivity contribution in [2.45, 2.75) is 12.4 Å². The topological polar surface area (TPSA) is 74.6 Å². The molecule has 22 heavy (non-hydrogen) atoms. The van der Waals surface area contributed by atoms with Crippen LogP contribution in [-0.4, -0.2) is 31.2 Å². The molecule has 0 radical (unpaired) electrons. The Morgan fingerprint density at radius 2 is 1.91 bits per heavy atom. The number of nitrogens with zero attached hydrogens (tertiary/aromatic N) is 1. The number of carbonyl (C=O) groups is 1. The van der Waals surface area contributed by atoms with E-state index in [1.807, 2.05) is 0 Å². The number of fused-ring (bicyclic) bond motifs is 1. The van der Waals surface area contributed by atoms with Gasteiger partial charge in [-0.1, -0.05) is 18.2 Å². The van der Waals surface area contributed by atoms with E-state index in [0.717, 1.165) is 6.07 Å². The number of ether oxygens (including phenoxy) is 1. The molecule has 1 heterocycles. The third-order valence-electron chi connectivity index (χ3n) is 2.61. The number of aromatic nitrogens is 1. The van der Waals surface area contributed by atoms with Crippen molar-refractivity contribution in [2.75, 3.05) is 6.61 Å². The molecule has 0 saturated heterocycles. The fraction of sp³-hybridized carbons (Fsp3) is 0.250. The monoisotopic (exact) mass is 337 g/mol. The highest BCUT2D eigenvalue weighted by Crippen LogP contribution is 2.31. The fourth-order valence-electron chi connectivity index (χ4n) is 1.73. The van der Waals surface area contributed by atoms with Crippen molar-refractivity contribution in [3.63, 3.8) is 0 Å². The van der Waals surface area contributed by atoms with E-state index in [4.69, 9.17) is 4.74 Å². The summed E-state index contributed by atoms with van der Waals surface area (Å²) in [5.74, 6) is -0.794. The van der Waals surface area contributed by atoms with E-state index >= 15 is 0 Å². The van der Waals surface area contributed by atoms with Crippen LogP contribution in [0.15, 0.2) is 30.3 Å². The molecule has 0 aliphatic heterocycles. The molecule has 0 aliphatic carbocycles. The summed E-state index contributed by atoms with van der Waals surface area (Å²) in [7, 11) is -5.90. The maximum absolute atomic E-state index is 12.4. The predicted octanol–water partition coefficient (Wildman–Crippen LogP) is 2.87. The van der Waals surface area contributed by atoms with Crippen LogP contribution in [0.25, 0.3) is 10.9 Å². The number of carbonyl (C=O) groups excluding carboxylic acids is 1. The van der Waals surface area contributed by atoms with Crippen molar-refractivity contribution >= 4 is 27.1 Å². The molecule has 10 heteroatoms. The van der Waals surface area contributed by atoms with Crippen LogP contribution in [0.2, 0.25) is 0 Å². The molecule has 2 rings (SSSR count). The molecule has 1 aromatic heterocycles. The average Bonchev–Trinajstić information content (AvgIpc) is 2.74. The molecule has 0 bridgehead atoms. The average molecular weight is 337 g/mol. The second-order valence-corrected chi connectivity index (χ2v) is 5.60. The van der Waals surface area contributed by atoms with Gasteiger partial charge in [-0.15, -0.1) is 0 Å². The Morgan fingerprint density at radius 1 is 1.27 bits per heavy atom. The lowest BCUT2D eigenvalue weighted by Crippen LogP contribution is -2.29. The van der Waals surface area contributed by atoms with Crippen LogP contribution in [0.3, 0.4) is 0 Å². The quantitative estimate of drug-likeness (QED) is 0.636. The molecule has 0 aliphatic rings. The van der Waals surface area contributed by atoms with Gasteiger partial charge in [-0.25, -0.2) is 9.36 Å². The molecule has 0 amide bonds. The number of hydrogen-bond donors (Lipinski definition) is 0. The summed E-state index contributed by atoms with van der Waals surface area (Å²) >= 11 is 0. The van der Waals surface area contributed by atoms with Gasteiger partial charge in [0.1, 0.15) is 0 Å². The highest BCUT2D eigenvalue weighted by atomic mass is 32.2. The van der Waals surface area contributed by atoms with E-state index in [2.05, 4.69) is 4.18 Å². The Kier molecular flexibility index (Phi) is 4.05. The molecule has 0 N–H and O–H groups in total. The van der Waals surface area contributed by atoms with Gasteiger partial charge >= 0.3 is 21.7 Å². The van der Waals surface area contributed by atoms with Gasteiger partial charge in [0.25, 0.3) is 0 Å². The Hall–Kier alpha value is -2.23. The van der Waals surface area contributed by atoms with Crippen molar-refractivity contribution in [2.24, 2.45) is 0 Å². The van der Waals surface area contributed by atoms with Crippen LogP contribution in [0, 0.1) is 0 Å². The molecule has 120 valence electrons. The third-order valence-corrected chi connectivity index (χ3v) is 3.56. The molecule has 2 aromatic rings. The third kappa shape index (κ3) is 2.86. The Morgan fingerprint density at radius 3 is 2.50 bits per heavy atom. The standard InChI is InChI=1S/C12H10F3NO5S/c1-2-20-11(17)16-9-6-4-3-5-8(9)7-10(16)21-22(18,19)12(13,14)15/h3-7H,2H2,1H3. The van der Waals surface area contributed by atoms with Gasteiger partial charge in [0, 0.05) is 11.5 Å². The lowest BCUT2D eigenvalue weighted by Gasteiger charge is -2.11. The van der Waals surface area contributed by atoms with Gasteiger partial charge in [-0.3, -0.25) is 0 Å². The SMILES string of the molecule is CCOC(=O)n1c(OS(=O)(=O)C(F)(F)F)cc2ccccc21. The maximum Gasteiger partial charge on any atom is 0.534 e. The number of hydrogen-bond acceptors (Lipinski definition) is 5. The summed E-state index contributed by atoms with van der Waals surface area (Å²) in [5, 5.41) is 0.322. The summed E-state index contributed by atoms with van der Waals surface area (Å²) in [5.41, 5.74) is -5.45. The Balaban J connectivity index is 2.59. The first kappa shape index (κ1) is 16.1. The highest BCUT2D eigenvalue weighted by molar-refractivity contribution is 7.87. The van der Waals surface area contributed by atoms with E-state index in [0.29, 0.717) is 9.95 Å². The molecule has 0 spiro atoms. The largest absolute Gasteiger partial charge is 0.534 e. The van der Waals surface area contributed by atoms with Crippen LogP contribution >= 0.6 is 0 Å². The normalized spacial score (nSPS) is 12.4. The summed E-state index contributed by atoms with van der Waals surface area (Å²) in [6, 6.07) is 7.01. The van der Waals surface area contributed by atoms with E-state index in [1.165, 1.54) is 25.1 Å². The van der Waals surface area contributed by atoms with Gasteiger partial charge in [-0.05, 0) is 13.0 Å². The van der Waals surface area contributed by atoms with Crippen LogP contribution in [0.1, 0.15) is 6.92 Å². The number of halogens is 3. The van der Waals surface area contributed by atoms with E-state index < -0.39 is 27.6 Å². The molecular weight excluding hydrogens is 327 g/mol. The minimum Gasteiger partial charge on any atom is -0.449 e. The van der Waals surface area contributed by atoms with E-state index in [-0.39, 0.29) is 12.1 Å². The summed E-state index contributed by atoms with van der Waals surface area (Å²) < 4.78 is 68.9. The Bertz CT molecular complexity index is 810. The number of rotatable bonds is 3. The van der Waals surface area contributed by atoms with Crippen molar-refractivity contribution in [3.05, 3.63) is 30.3 Å². The van der Waals surface area contributed by atoms with Gasteiger partial charge in [0.15, 0.2) is 0 Å². The molecule has 1 aromatic carbocycles. The summed E-state index contributed by atoms with van der Waals surface area (Å²) in [4.78, 5) is 11.9. The Labute approximate surface area is 123 Å². The smallest absolute Gasteiger partial charge is 0.449 e. The van der Waals surface area contributed by atoms with Gasteiger partial charge in [0.2, 0.25) is 5.88 Å². The minimum atomic E-state index is -5.90. The lowest BCUT2D eigenvalue weighted by molar-refractivity contribution is -0.0502. The second-order valence-electron chi connectivity index (χ2n) is 4.06. The zero-order chi connectivity index (χ0) is 16.5. The molecular formula is C12H10F3NO5S. The van der Waals surface area contributed by atoms with E-state index in [9.17, 15) is 26.4 Å². The number of benzene rings is 1. The lowest BCUT2D eigenvalue weighted by atomic mass is 10.2. The minimum absolute atomic E-state index is 0.0448. The second kappa shape index (κ2) is 5.52.